The van der Waals surface area contributed by atoms with E-state index in [1.807, 2.05) is 6.07 Å². The Labute approximate surface area is 162 Å². The van der Waals surface area contributed by atoms with Crippen LogP contribution in [0.1, 0.15) is 27.2 Å². The van der Waals surface area contributed by atoms with Gasteiger partial charge in [-0.2, -0.15) is 5.26 Å². The van der Waals surface area contributed by atoms with Crippen molar-refractivity contribution in [1.29, 1.82) is 5.26 Å². The number of benzene rings is 2. The number of ether oxygens (including phenoxy) is 1. The monoisotopic (exact) mass is 377 g/mol. The summed E-state index contributed by atoms with van der Waals surface area (Å²) in [6.45, 7) is 3.50. The molecule has 0 radical (unpaired) electrons. The number of halogens is 1. The minimum absolute atomic E-state index is 0.184. The van der Waals surface area contributed by atoms with Gasteiger partial charge in [-0.25, -0.2) is 4.98 Å². The topological polar surface area (TPSA) is 75.0 Å². The van der Waals surface area contributed by atoms with Gasteiger partial charge >= 0.3 is 0 Å². The van der Waals surface area contributed by atoms with Crippen molar-refractivity contribution in [3.8, 4) is 17.7 Å². The zero-order valence-electron chi connectivity index (χ0n) is 14.8. The van der Waals surface area contributed by atoms with Crippen LogP contribution >= 0.6 is 11.6 Å². The molecular weight excluding hydrogens is 362 g/mol. The number of carbonyl (C=O) groups excluding carboxylic acids is 1. The lowest BCUT2D eigenvalue weighted by Gasteiger charge is -2.12. The Balaban J connectivity index is 1.85. The third-order valence-corrected chi connectivity index (χ3v) is 4.52. The highest BCUT2D eigenvalue weighted by molar-refractivity contribution is 6.32. The fraction of sp³-hybridized carbons (Fsp3) is 0.0952. The maximum absolute atomic E-state index is 12.3. The number of rotatable bonds is 4. The van der Waals surface area contributed by atoms with E-state index >= 15 is 0 Å². The molecule has 0 atom stereocenters. The Kier molecular flexibility index (Phi) is 5.39. The summed E-state index contributed by atoms with van der Waals surface area (Å²) in [5.74, 6) is 0.413. The molecule has 0 spiro atoms. The van der Waals surface area contributed by atoms with Crippen molar-refractivity contribution in [2.75, 3.05) is 5.32 Å². The Hall–Kier alpha value is -3.36. The summed E-state index contributed by atoms with van der Waals surface area (Å²) in [5.41, 5.74) is 2.61. The van der Waals surface area contributed by atoms with E-state index in [0.717, 1.165) is 0 Å². The predicted octanol–water partition coefficient (Wildman–Crippen LogP) is 5.27. The van der Waals surface area contributed by atoms with E-state index in [0.29, 0.717) is 33.3 Å². The Bertz CT molecular complexity index is 1040. The van der Waals surface area contributed by atoms with Gasteiger partial charge in [0.2, 0.25) is 5.88 Å². The number of pyridine rings is 1. The summed E-state index contributed by atoms with van der Waals surface area (Å²) in [6.07, 6.45) is 0. The third kappa shape index (κ3) is 4.08. The average molecular weight is 378 g/mol. The molecule has 0 aliphatic rings. The lowest BCUT2D eigenvalue weighted by molar-refractivity contribution is 0.102. The van der Waals surface area contributed by atoms with E-state index in [1.54, 1.807) is 62.4 Å². The number of hydrogen-bond donors (Lipinski definition) is 1. The number of aromatic nitrogens is 1. The van der Waals surface area contributed by atoms with Crippen LogP contribution < -0.4 is 10.1 Å². The maximum atomic E-state index is 12.3. The molecule has 1 amide bonds. The number of nitrogens with one attached hydrogen (secondary N) is 1. The zero-order valence-corrected chi connectivity index (χ0v) is 15.5. The molecule has 0 aliphatic heterocycles. The Morgan fingerprint density at radius 2 is 1.89 bits per heavy atom. The van der Waals surface area contributed by atoms with Crippen LogP contribution in [-0.4, -0.2) is 10.9 Å². The second-order valence-electron chi connectivity index (χ2n) is 5.88. The molecular formula is C21H16ClN3O2. The summed E-state index contributed by atoms with van der Waals surface area (Å²) < 4.78 is 5.80. The SMILES string of the molecule is Cc1nc(Oc2cccc(NC(=O)c3ccccc3)c2)c(C#N)c(C)c1Cl. The molecule has 1 N–H and O–H groups in total. The van der Waals surface area contributed by atoms with Gasteiger partial charge in [-0.3, -0.25) is 4.79 Å². The first-order valence-electron chi connectivity index (χ1n) is 8.20. The van der Waals surface area contributed by atoms with E-state index < -0.39 is 0 Å². The van der Waals surface area contributed by atoms with Crippen molar-refractivity contribution in [3.05, 3.63) is 82.0 Å². The molecule has 5 nitrogen and oxygen atoms in total. The van der Waals surface area contributed by atoms with E-state index in [9.17, 15) is 10.1 Å². The number of amides is 1. The fourth-order valence-electron chi connectivity index (χ4n) is 2.55. The van der Waals surface area contributed by atoms with Gasteiger partial charge in [0.25, 0.3) is 5.91 Å². The number of hydrogen-bond acceptors (Lipinski definition) is 4. The molecule has 0 saturated heterocycles. The summed E-state index contributed by atoms with van der Waals surface area (Å²) in [7, 11) is 0. The first-order chi connectivity index (χ1) is 13.0. The highest BCUT2D eigenvalue weighted by atomic mass is 35.5. The highest BCUT2D eigenvalue weighted by Crippen LogP contribution is 2.31. The second kappa shape index (κ2) is 7.90. The van der Waals surface area contributed by atoms with Crippen LogP contribution in [0.5, 0.6) is 11.6 Å². The van der Waals surface area contributed by atoms with Gasteiger partial charge in [-0.1, -0.05) is 35.9 Å². The van der Waals surface area contributed by atoms with Gasteiger partial charge in [-0.15, -0.1) is 0 Å². The van der Waals surface area contributed by atoms with Gasteiger partial charge in [0.15, 0.2) is 0 Å². The van der Waals surface area contributed by atoms with E-state index in [4.69, 9.17) is 16.3 Å². The molecule has 1 heterocycles. The van der Waals surface area contributed by atoms with Crippen molar-refractivity contribution >= 4 is 23.2 Å². The van der Waals surface area contributed by atoms with E-state index in [2.05, 4.69) is 16.4 Å². The molecule has 134 valence electrons. The molecule has 0 bridgehead atoms. The zero-order chi connectivity index (χ0) is 19.4. The molecule has 2 aromatic carbocycles. The predicted molar refractivity (Wildman–Crippen MR) is 104 cm³/mol. The number of carbonyl (C=O) groups is 1. The van der Waals surface area contributed by atoms with Crippen LogP contribution in [0.2, 0.25) is 5.02 Å². The molecule has 0 fully saturated rings. The molecule has 27 heavy (non-hydrogen) atoms. The number of anilines is 1. The van der Waals surface area contributed by atoms with Crippen molar-refractivity contribution in [1.82, 2.24) is 4.98 Å². The number of nitrogens with zero attached hydrogens (tertiary/aromatic N) is 2. The van der Waals surface area contributed by atoms with Gasteiger partial charge in [0.1, 0.15) is 17.4 Å². The minimum atomic E-state index is -0.221. The molecule has 3 rings (SSSR count). The van der Waals surface area contributed by atoms with Gasteiger partial charge < -0.3 is 10.1 Å². The lowest BCUT2D eigenvalue weighted by atomic mass is 10.1. The summed E-state index contributed by atoms with van der Waals surface area (Å²) in [6, 6.07) is 17.9. The Morgan fingerprint density at radius 3 is 2.59 bits per heavy atom. The minimum Gasteiger partial charge on any atom is -0.438 e. The first kappa shape index (κ1) is 18.4. The van der Waals surface area contributed by atoms with Gasteiger partial charge in [0, 0.05) is 17.3 Å². The standard InChI is InChI=1S/C21H16ClN3O2/c1-13-18(12-23)21(24-14(2)19(13)22)27-17-10-6-9-16(11-17)25-20(26)15-7-4-3-5-8-15/h3-11H,1-2H3,(H,25,26). The lowest BCUT2D eigenvalue weighted by Crippen LogP contribution is -2.11. The van der Waals surface area contributed by atoms with E-state index in [1.165, 1.54) is 0 Å². The maximum Gasteiger partial charge on any atom is 0.255 e. The molecule has 0 aliphatic carbocycles. The molecule has 0 unspecified atom stereocenters. The van der Waals surface area contributed by atoms with Crippen LogP contribution in [0.15, 0.2) is 54.6 Å². The highest BCUT2D eigenvalue weighted by Gasteiger charge is 2.16. The smallest absolute Gasteiger partial charge is 0.255 e. The molecule has 6 heteroatoms. The third-order valence-electron chi connectivity index (χ3n) is 3.96. The van der Waals surface area contributed by atoms with Gasteiger partial charge in [-0.05, 0) is 43.7 Å². The summed E-state index contributed by atoms with van der Waals surface area (Å²) in [5, 5.41) is 12.7. The number of nitriles is 1. The van der Waals surface area contributed by atoms with Crippen LogP contribution in [0.3, 0.4) is 0 Å². The second-order valence-corrected chi connectivity index (χ2v) is 6.26. The van der Waals surface area contributed by atoms with Crippen molar-refractivity contribution < 1.29 is 9.53 Å². The molecule has 1 aromatic heterocycles. The quantitative estimate of drug-likeness (QED) is 0.672. The van der Waals surface area contributed by atoms with E-state index in [-0.39, 0.29) is 17.4 Å². The fourth-order valence-corrected chi connectivity index (χ4v) is 2.68. The summed E-state index contributed by atoms with van der Waals surface area (Å²) in [4.78, 5) is 16.6. The van der Waals surface area contributed by atoms with Crippen LogP contribution in [0, 0.1) is 25.2 Å². The normalized spacial score (nSPS) is 10.1. The largest absolute Gasteiger partial charge is 0.438 e. The van der Waals surface area contributed by atoms with Gasteiger partial charge in [0.05, 0.1) is 10.7 Å². The van der Waals surface area contributed by atoms with Crippen LogP contribution in [0.4, 0.5) is 5.69 Å². The van der Waals surface area contributed by atoms with Crippen molar-refractivity contribution in [2.45, 2.75) is 13.8 Å². The summed E-state index contributed by atoms with van der Waals surface area (Å²) >= 11 is 6.16. The molecule has 3 aromatic rings. The van der Waals surface area contributed by atoms with Crippen LogP contribution in [-0.2, 0) is 0 Å². The average Bonchev–Trinajstić information content (AvgIpc) is 2.67. The van der Waals surface area contributed by atoms with Crippen LogP contribution in [0.25, 0.3) is 0 Å². The Morgan fingerprint density at radius 1 is 1.15 bits per heavy atom. The van der Waals surface area contributed by atoms with Crippen molar-refractivity contribution in [2.24, 2.45) is 0 Å². The molecule has 0 saturated carbocycles. The van der Waals surface area contributed by atoms with Crippen molar-refractivity contribution in [3.63, 3.8) is 0 Å². The number of aryl methyl sites for hydroxylation is 1. The first-order valence-corrected chi connectivity index (χ1v) is 8.58.